The van der Waals surface area contributed by atoms with Gasteiger partial charge in [-0.2, -0.15) is 5.10 Å². The molecular formula is C13H14FN5O2. The van der Waals surface area contributed by atoms with Gasteiger partial charge in [0.15, 0.2) is 0 Å². The molecule has 1 saturated heterocycles. The third-order valence-electron chi connectivity index (χ3n) is 3.88. The van der Waals surface area contributed by atoms with Crippen molar-refractivity contribution in [2.45, 2.75) is 25.3 Å². The molecule has 21 heavy (non-hydrogen) atoms. The number of alkyl halides is 1. The zero-order valence-corrected chi connectivity index (χ0v) is 11.3. The van der Waals surface area contributed by atoms with E-state index in [9.17, 15) is 9.50 Å². The summed E-state index contributed by atoms with van der Waals surface area (Å²) in [6, 6.07) is 1.51. The van der Waals surface area contributed by atoms with Gasteiger partial charge < -0.3 is 15.6 Å². The number of anilines is 1. The van der Waals surface area contributed by atoms with E-state index in [-0.39, 0.29) is 18.1 Å². The van der Waals surface area contributed by atoms with Crippen LogP contribution in [0.2, 0.25) is 0 Å². The molecule has 0 bridgehead atoms. The van der Waals surface area contributed by atoms with Gasteiger partial charge >= 0.3 is 0 Å². The Morgan fingerprint density at radius 2 is 2.38 bits per heavy atom. The van der Waals surface area contributed by atoms with E-state index >= 15 is 0 Å². The Labute approximate surface area is 120 Å². The number of nitrogen functional groups attached to an aromatic ring is 1. The molecule has 1 aliphatic rings. The first-order valence-electron chi connectivity index (χ1n) is 6.48. The fourth-order valence-electron chi connectivity index (χ4n) is 2.67. The zero-order chi connectivity index (χ0) is 15.1. The summed E-state index contributed by atoms with van der Waals surface area (Å²) < 4.78 is 21.4. The Morgan fingerprint density at radius 1 is 1.62 bits per heavy atom. The standard InChI is InChI=1S/C13H14FN5O2/c1-6-9(4-20)21-12(10(6)14)8-3-7(16-2)11-13(15)17-5-18-19(8)11/h3,5-6,9-10,12,20H,4H2,1H3,(H2,15,17,18)/t6-,9-,10-,12+/m1/s1. The molecule has 2 aromatic heterocycles. The van der Waals surface area contributed by atoms with Crippen LogP contribution in [-0.4, -0.2) is 38.6 Å². The predicted octanol–water partition coefficient (Wildman–Crippen LogP) is 1.27. The van der Waals surface area contributed by atoms with Crippen LogP contribution in [0.5, 0.6) is 0 Å². The lowest BCUT2D eigenvalue weighted by molar-refractivity contribution is -0.00711. The van der Waals surface area contributed by atoms with Crippen LogP contribution in [0.25, 0.3) is 10.4 Å². The fourth-order valence-corrected chi connectivity index (χ4v) is 2.67. The molecule has 0 unspecified atom stereocenters. The van der Waals surface area contributed by atoms with E-state index in [0.717, 1.165) is 0 Å². The minimum Gasteiger partial charge on any atom is -0.394 e. The molecule has 1 aliphatic heterocycles. The molecule has 4 atom stereocenters. The first-order chi connectivity index (χ1) is 10.1. The number of nitrogens with two attached hydrogens (primary N) is 1. The Kier molecular flexibility index (Phi) is 3.23. The molecule has 3 heterocycles. The number of ether oxygens (including phenoxy) is 1. The minimum atomic E-state index is -1.30. The summed E-state index contributed by atoms with van der Waals surface area (Å²) in [5.74, 6) is -0.288. The average Bonchev–Trinajstić information content (AvgIpc) is 2.99. The normalized spacial score (nSPS) is 28.9. The largest absolute Gasteiger partial charge is 0.394 e. The van der Waals surface area contributed by atoms with Crippen molar-refractivity contribution in [1.82, 2.24) is 14.6 Å². The molecule has 110 valence electrons. The highest BCUT2D eigenvalue weighted by atomic mass is 19.1. The first-order valence-corrected chi connectivity index (χ1v) is 6.48. The van der Waals surface area contributed by atoms with E-state index in [1.165, 1.54) is 16.9 Å². The number of rotatable bonds is 2. The molecule has 0 spiro atoms. The van der Waals surface area contributed by atoms with Gasteiger partial charge in [-0.05, 0) is 6.07 Å². The number of hydrogen-bond donors (Lipinski definition) is 2. The molecule has 0 aromatic carbocycles. The number of nitrogens with zero attached hydrogens (tertiary/aromatic N) is 4. The maximum Gasteiger partial charge on any atom is 0.217 e. The summed E-state index contributed by atoms with van der Waals surface area (Å²) >= 11 is 0. The van der Waals surface area contributed by atoms with Gasteiger partial charge in [0.05, 0.1) is 25.0 Å². The number of halogens is 1. The SMILES string of the molecule is [C-]#[N+]c1cc([C@@H]2O[C@H](CO)[C@@H](C)[C@H]2F)n2ncnc(N)c12. The zero-order valence-electron chi connectivity index (χ0n) is 11.3. The molecule has 3 N–H and O–H groups in total. The second-order valence-electron chi connectivity index (χ2n) is 5.05. The van der Waals surface area contributed by atoms with Gasteiger partial charge in [-0.3, -0.25) is 0 Å². The molecule has 0 saturated carbocycles. The van der Waals surface area contributed by atoms with Crippen LogP contribution >= 0.6 is 0 Å². The van der Waals surface area contributed by atoms with E-state index in [0.29, 0.717) is 11.2 Å². The van der Waals surface area contributed by atoms with E-state index < -0.39 is 24.3 Å². The van der Waals surface area contributed by atoms with Crippen LogP contribution in [0.3, 0.4) is 0 Å². The molecule has 0 radical (unpaired) electrons. The Bertz CT molecular complexity index is 725. The number of hydrogen-bond acceptors (Lipinski definition) is 5. The Hall–Kier alpha value is -2.24. The van der Waals surface area contributed by atoms with E-state index in [1.54, 1.807) is 6.92 Å². The van der Waals surface area contributed by atoms with Crippen molar-refractivity contribution >= 4 is 17.0 Å². The van der Waals surface area contributed by atoms with Crippen LogP contribution in [0.15, 0.2) is 12.4 Å². The average molecular weight is 291 g/mol. The fraction of sp³-hybridized carbons (Fsp3) is 0.462. The van der Waals surface area contributed by atoms with E-state index in [1.807, 2.05) is 0 Å². The van der Waals surface area contributed by atoms with Crippen LogP contribution in [-0.2, 0) is 4.74 Å². The highest BCUT2D eigenvalue weighted by Crippen LogP contribution is 2.42. The molecule has 1 fully saturated rings. The first kappa shape index (κ1) is 13.7. The maximum absolute atomic E-state index is 14.4. The third kappa shape index (κ3) is 1.93. The van der Waals surface area contributed by atoms with Crippen molar-refractivity contribution in [3.63, 3.8) is 0 Å². The second kappa shape index (κ2) is 4.95. The highest BCUT2D eigenvalue weighted by molar-refractivity contribution is 5.83. The van der Waals surface area contributed by atoms with E-state index in [4.69, 9.17) is 17.0 Å². The summed E-state index contributed by atoms with van der Waals surface area (Å²) in [6.07, 6.45) is -1.52. The van der Waals surface area contributed by atoms with Crippen LogP contribution in [0.1, 0.15) is 18.7 Å². The summed E-state index contributed by atoms with van der Waals surface area (Å²) in [5.41, 5.74) is 6.77. The number of aliphatic hydroxyl groups is 1. The Morgan fingerprint density at radius 3 is 3.00 bits per heavy atom. The summed E-state index contributed by atoms with van der Waals surface area (Å²) in [7, 11) is 0. The second-order valence-corrected chi connectivity index (χ2v) is 5.05. The molecule has 0 amide bonds. The Balaban J connectivity index is 2.14. The maximum atomic E-state index is 14.4. The van der Waals surface area contributed by atoms with Gasteiger partial charge in [-0.25, -0.2) is 18.7 Å². The summed E-state index contributed by atoms with van der Waals surface area (Å²) in [6.45, 7) is 8.62. The van der Waals surface area contributed by atoms with Crippen molar-refractivity contribution in [3.8, 4) is 0 Å². The molecule has 7 nitrogen and oxygen atoms in total. The van der Waals surface area contributed by atoms with Gasteiger partial charge in [0.25, 0.3) is 0 Å². The van der Waals surface area contributed by atoms with Crippen LogP contribution in [0, 0.1) is 12.5 Å². The number of aliphatic hydroxyl groups excluding tert-OH is 1. The predicted molar refractivity (Wildman–Crippen MR) is 72.4 cm³/mol. The molecule has 0 aliphatic carbocycles. The minimum absolute atomic E-state index is 0.155. The van der Waals surface area contributed by atoms with E-state index in [2.05, 4.69) is 14.9 Å². The number of fused-ring (bicyclic) bond motifs is 1. The van der Waals surface area contributed by atoms with Crippen LogP contribution in [0.4, 0.5) is 15.9 Å². The van der Waals surface area contributed by atoms with Gasteiger partial charge in [-0.15, -0.1) is 0 Å². The summed E-state index contributed by atoms with van der Waals surface area (Å²) in [4.78, 5) is 7.23. The van der Waals surface area contributed by atoms with Crippen molar-refractivity contribution in [1.29, 1.82) is 0 Å². The molecule has 2 aromatic rings. The van der Waals surface area contributed by atoms with Crippen molar-refractivity contribution < 1.29 is 14.2 Å². The van der Waals surface area contributed by atoms with Crippen LogP contribution < -0.4 is 5.73 Å². The lowest BCUT2D eigenvalue weighted by Crippen LogP contribution is -2.21. The topological polar surface area (TPSA) is 90.0 Å². The van der Waals surface area contributed by atoms with Gasteiger partial charge in [0.2, 0.25) is 5.69 Å². The molecule has 8 heteroatoms. The highest BCUT2D eigenvalue weighted by Gasteiger charge is 2.44. The van der Waals surface area contributed by atoms with Gasteiger partial charge in [0, 0.05) is 5.92 Å². The lowest BCUT2D eigenvalue weighted by Gasteiger charge is -2.13. The molecular weight excluding hydrogens is 277 g/mol. The van der Waals surface area contributed by atoms with Crippen molar-refractivity contribution in [2.24, 2.45) is 5.92 Å². The smallest absolute Gasteiger partial charge is 0.217 e. The van der Waals surface area contributed by atoms with Gasteiger partial charge in [0.1, 0.15) is 29.9 Å². The van der Waals surface area contributed by atoms with Gasteiger partial charge in [-0.1, -0.05) is 6.92 Å². The molecule has 3 rings (SSSR count). The summed E-state index contributed by atoms with van der Waals surface area (Å²) in [5, 5.41) is 13.3. The number of aromatic nitrogens is 3. The monoisotopic (exact) mass is 291 g/mol. The third-order valence-corrected chi connectivity index (χ3v) is 3.88. The van der Waals surface area contributed by atoms with Crippen molar-refractivity contribution in [3.05, 3.63) is 29.5 Å². The van der Waals surface area contributed by atoms with Crippen molar-refractivity contribution in [2.75, 3.05) is 12.3 Å². The lowest BCUT2D eigenvalue weighted by atomic mass is 9.99. The quantitative estimate of drug-likeness (QED) is 0.813.